The molecule has 2 aromatic rings. The number of aromatic nitrogens is 4. The van der Waals surface area contributed by atoms with Gasteiger partial charge in [-0.25, -0.2) is 9.97 Å². The normalized spacial score (nSPS) is 17.6. The summed E-state index contributed by atoms with van der Waals surface area (Å²) in [5.74, 6) is 1.40. The first-order valence-electron chi connectivity index (χ1n) is 7.00. The Hall–Kier alpha value is -2.11. The quantitative estimate of drug-likeness (QED) is 0.924. The van der Waals surface area contributed by atoms with Crippen molar-refractivity contribution in [2.75, 3.05) is 11.9 Å². The number of nitrogens with zero attached hydrogens (tertiary/aromatic N) is 4. The van der Waals surface area contributed by atoms with Crippen LogP contribution in [0.2, 0.25) is 0 Å². The number of rotatable bonds is 4. The monoisotopic (exact) mass is 273 g/mol. The Balaban J connectivity index is 1.80. The number of hydrogen-bond donors (Lipinski definition) is 1. The van der Waals surface area contributed by atoms with Crippen LogP contribution in [0.5, 0.6) is 5.88 Å². The lowest BCUT2D eigenvalue weighted by Crippen LogP contribution is -2.17. The molecule has 106 valence electrons. The molecule has 0 amide bonds. The van der Waals surface area contributed by atoms with Crippen molar-refractivity contribution >= 4 is 5.82 Å². The van der Waals surface area contributed by atoms with Crippen LogP contribution in [0.15, 0.2) is 18.6 Å². The highest BCUT2D eigenvalue weighted by Gasteiger charge is 2.23. The Labute approximate surface area is 118 Å². The van der Waals surface area contributed by atoms with E-state index in [4.69, 9.17) is 4.74 Å². The third kappa shape index (κ3) is 2.59. The molecule has 6 heteroatoms. The van der Waals surface area contributed by atoms with Crippen LogP contribution < -0.4 is 10.1 Å². The topological polar surface area (TPSA) is 64.9 Å². The third-order valence-corrected chi connectivity index (χ3v) is 3.48. The predicted molar refractivity (Wildman–Crippen MR) is 75.7 cm³/mol. The maximum absolute atomic E-state index is 5.40. The van der Waals surface area contributed by atoms with Gasteiger partial charge in [0.05, 0.1) is 18.3 Å². The van der Waals surface area contributed by atoms with E-state index in [0.717, 1.165) is 25.1 Å². The van der Waals surface area contributed by atoms with Gasteiger partial charge in [-0.15, -0.1) is 0 Å². The molecule has 1 aliphatic carbocycles. The van der Waals surface area contributed by atoms with Crippen molar-refractivity contribution in [1.29, 1.82) is 0 Å². The molecule has 0 aromatic carbocycles. The summed E-state index contributed by atoms with van der Waals surface area (Å²) >= 11 is 0. The Kier molecular flexibility index (Phi) is 3.54. The molecule has 6 nitrogen and oxygen atoms in total. The van der Waals surface area contributed by atoms with Gasteiger partial charge in [0.15, 0.2) is 0 Å². The molecule has 1 atom stereocenters. The van der Waals surface area contributed by atoms with Crippen molar-refractivity contribution < 1.29 is 4.74 Å². The molecular formula is C14H19N5O. The predicted octanol–water partition coefficient (Wildman–Crippen LogP) is 2.10. The molecule has 0 saturated heterocycles. The molecule has 1 N–H and O–H groups in total. The molecule has 3 rings (SSSR count). The molecule has 0 fully saturated rings. The number of hydrogen-bond acceptors (Lipinski definition) is 5. The van der Waals surface area contributed by atoms with Gasteiger partial charge in [0.25, 0.3) is 0 Å². The molecule has 0 aliphatic heterocycles. The maximum Gasteiger partial charge on any atom is 0.218 e. The molecule has 1 unspecified atom stereocenters. The van der Waals surface area contributed by atoms with Crippen molar-refractivity contribution in [3.8, 4) is 5.88 Å². The zero-order valence-corrected chi connectivity index (χ0v) is 11.8. The van der Waals surface area contributed by atoms with E-state index in [-0.39, 0.29) is 6.04 Å². The molecule has 0 bridgehead atoms. The second-order valence-corrected chi connectivity index (χ2v) is 4.97. The van der Waals surface area contributed by atoms with Crippen LogP contribution in [0, 0.1) is 0 Å². The van der Waals surface area contributed by atoms with Gasteiger partial charge in [0.1, 0.15) is 12.1 Å². The van der Waals surface area contributed by atoms with E-state index in [1.807, 2.05) is 24.7 Å². The van der Waals surface area contributed by atoms with Crippen LogP contribution in [0.3, 0.4) is 0 Å². The molecule has 20 heavy (non-hydrogen) atoms. The van der Waals surface area contributed by atoms with Gasteiger partial charge in [-0.1, -0.05) is 0 Å². The lowest BCUT2D eigenvalue weighted by molar-refractivity contribution is 0.326. The number of nitrogens with one attached hydrogen (secondary N) is 1. The van der Waals surface area contributed by atoms with E-state index in [0.29, 0.717) is 12.5 Å². The summed E-state index contributed by atoms with van der Waals surface area (Å²) in [7, 11) is 1.97. The molecule has 2 aromatic heterocycles. The highest BCUT2D eigenvalue weighted by molar-refractivity contribution is 5.41. The summed E-state index contributed by atoms with van der Waals surface area (Å²) in [5.41, 5.74) is 2.46. The Morgan fingerprint density at radius 2 is 2.35 bits per heavy atom. The average Bonchev–Trinajstić information content (AvgIpc) is 2.81. The number of aryl methyl sites for hydroxylation is 2. The van der Waals surface area contributed by atoms with E-state index in [2.05, 4.69) is 26.6 Å². The van der Waals surface area contributed by atoms with Gasteiger partial charge in [-0.3, -0.25) is 4.68 Å². The van der Waals surface area contributed by atoms with Crippen molar-refractivity contribution in [2.45, 2.75) is 32.2 Å². The summed E-state index contributed by atoms with van der Waals surface area (Å²) in [6, 6.07) is 2.10. The summed E-state index contributed by atoms with van der Waals surface area (Å²) in [5, 5.41) is 7.97. The van der Waals surface area contributed by atoms with Gasteiger partial charge in [0, 0.05) is 24.9 Å². The third-order valence-electron chi connectivity index (χ3n) is 3.48. The van der Waals surface area contributed by atoms with Crippen molar-refractivity contribution in [3.05, 3.63) is 29.8 Å². The summed E-state index contributed by atoms with van der Waals surface area (Å²) in [6.45, 7) is 2.55. The second-order valence-electron chi connectivity index (χ2n) is 4.97. The van der Waals surface area contributed by atoms with E-state index in [9.17, 15) is 0 Å². The zero-order chi connectivity index (χ0) is 13.9. The van der Waals surface area contributed by atoms with Gasteiger partial charge < -0.3 is 10.1 Å². The first-order chi connectivity index (χ1) is 9.76. The summed E-state index contributed by atoms with van der Waals surface area (Å²) < 4.78 is 7.29. The number of fused-ring (bicyclic) bond motifs is 1. The fraction of sp³-hybridized carbons (Fsp3) is 0.500. The van der Waals surface area contributed by atoms with Gasteiger partial charge in [0.2, 0.25) is 5.88 Å². The Morgan fingerprint density at radius 1 is 1.45 bits per heavy atom. The number of anilines is 1. The Morgan fingerprint density at radius 3 is 3.20 bits per heavy atom. The molecule has 0 spiro atoms. The highest BCUT2D eigenvalue weighted by Crippen LogP contribution is 2.31. The molecule has 0 radical (unpaired) electrons. The van der Waals surface area contributed by atoms with Crippen LogP contribution >= 0.6 is 0 Å². The first-order valence-corrected chi connectivity index (χ1v) is 7.00. The average molecular weight is 273 g/mol. The second kappa shape index (κ2) is 5.48. The van der Waals surface area contributed by atoms with Crippen LogP contribution in [-0.2, 0) is 13.5 Å². The van der Waals surface area contributed by atoms with Crippen molar-refractivity contribution in [1.82, 2.24) is 19.7 Å². The minimum absolute atomic E-state index is 0.261. The highest BCUT2D eigenvalue weighted by atomic mass is 16.5. The molecular weight excluding hydrogens is 254 g/mol. The van der Waals surface area contributed by atoms with Crippen LogP contribution in [0.25, 0.3) is 0 Å². The lowest BCUT2D eigenvalue weighted by Gasteiger charge is -2.23. The minimum Gasteiger partial charge on any atom is -0.478 e. The van der Waals surface area contributed by atoms with E-state index in [1.54, 1.807) is 0 Å². The molecule has 0 saturated carbocycles. The standard InChI is InChI=1S/C14H19N5O/c1-3-20-14-7-13(15-9-16-14)17-11-5-4-6-12-10(11)8-19(2)18-12/h7-9,11H,3-6H2,1-2H3,(H,15,16,17). The zero-order valence-electron chi connectivity index (χ0n) is 11.8. The fourth-order valence-electron chi connectivity index (χ4n) is 2.64. The van der Waals surface area contributed by atoms with Gasteiger partial charge in [-0.2, -0.15) is 5.10 Å². The van der Waals surface area contributed by atoms with Crippen LogP contribution in [0.1, 0.15) is 37.1 Å². The van der Waals surface area contributed by atoms with E-state index < -0.39 is 0 Å². The molecule has 1 aliphatic rings. The minimum atomic E-state index is 0.261. The van der Waals surface area contributed by atoms with Gasteiger partial charge >= 0.3 is 0 Å². The van der Waals surface area contributed by atoms with Gasteiger partial charge in [-0.05, 0) is 26.2 Å². The largest absolute Gasteiger partial charge is 0.478 e. The Bertz CT molecular complexity index is 595. The van der Waals surface area contributed by atoms with E-state index >= 15 is 0 Å². The SMILES string of the molecule is CCOc1cc(NC2CCCc3nn(C)cc32)ncn1. The smallest absolute Gasteiger partial charge is 0.218 e. The number of ether oxygens (including phenoxy) is 1. The fourth-order valence-corrected chi connectivity index (χ4v) is 2.64. The van der Waals surface area contributed by atoms with E-state index in [1.165, 1.54) is 17.6 Å². The van der Waals surface area contributed by atoms with Crippen LogP contribution in [-0.4, -0.2) is 26.4 Å². The van der Waals surface area contributed by atoms with Crippen molar-refractivity contribution in [2.24, 2.45) is 7.05 Å². The molecule has 2 heterocycles. The van der Waals surface area contributed by atoms with Crippen LogP contribution in [0.4, 0.5) is 5.82 Å². The lowest BCUT2D eigenvalue weighted by atomic mass is 9.93. The summed E-state index contributed by atoms with van der Waals surface area (Å²) in [4.78, 5) is 8.35. The summed E-state index contributed by atoms with van der Waals surface area (Å²) in [6.07, 6.45) is 6.91. The van der Waals surface area contributed by atoms with Crippen molar-refractivity contribution in [3.63, 3.8) is 0 Å². The first kappa shape index (κ1) is 12.9. The maximum atomic E-state index is 5.40.